The second-order valence-electron chi connectivity index (χ2n) is 6.01. The Bertz CT molecular complexity index is 879. The Kier molecular flexibility index (Phi) is 6.77. The van der Waals surface area contributed by atoms with E-state index in [2.05, 4.69) is 10.3 Å². The van der Waals surface area contributed by atoms with E-state index in [1.54, 1.807) is 6.07 Å². The van der Waals surface area contributed by atoms with Gasteiger partial charge >= 0.3 is 0 Å². The molecule has 0 spiro atoms. The fourth-order valence-electron chi connectivity index (χ4n) is 3.02. The molecule has 1 N–H and O–H groups in total. The summed E-state index contributed by atoms with van der Waals surface area (Å²) < 4.78 is 16.0. The Balaban J connectivity index is 0.00000156. The number of aromatic nitrogens is 2. The van der Waals surface area contributed by atoms with Crippen LogP contribution in [0.15, 0.2) is 16.9 Å². The second kappa shape index (κ2) is 8.00. The number of halogens is 3. The van der Waals surface area contributed by atoms with Crippen LogP contribution < -0.4 is 15.8 Å². The number of rotatable bonds is 1. The van der Waals surface area contributed by atoms with Gasteiger partial charge in [-0.2, -0.15) is 9.65 Å². The molecular weight excluding hydrogens is 368 g/mol. The number of nitriles is 1. The van der Waals surface area contributed by atoms with Crippen LogP contribution in [0, 0.1) is 17.1 Å². The normalized spacial score (nSPS) is 19.7. The summed E-state index contributed by atoms with van der Waals surface area (Å²) in [5.74, 6) is -0.816. The molecule has 0 aromatic carbocycles. The lowest BCUT2D eigenvalue weighted by Gasteiger charge is -2.39. The van der Waals surface area contributed by atoms with Crippen molar-refractivity contribution in [1.82, 2.24) is 14.9 Å². The van der Waals surface area contributed by atoms with Crippen molar-refractivity contribution < 1.29 is 4.39 Å². The molecule has 1 saturated heterocycles. The Morgan fingerprint density at radius 3 is 2.68 bits per heavy atom. The molecule has 2 aromatic rings. The van der Waals surface area contributed by atoms with Crippen molar-refractivity contribution in [2.75, 3.05) is 18.0 Å². The average molecular weight is 388 g/mol. The molecule has 25 heavy (non-hydrogen) atoms. The largest absolute Gasteiger partial charge is 0.362 e. The zero-order chi connectivity index (χ0) is 16.7. The van der Waals surface area contributed by atoms with Crippen molar-refractivity contribution >= 4 is 41.5 Å². The van der Waals surface area contributed by atoms with Gasteiger partial charge in [-0.15, -0.1) is 24.8 Å². The van der Waals surface area contributed by atoms with Crippen molar-refractivity contribution in [3.8, 4) is 6.07 Å². The van der Waals surface area contributed by atoms with Gasteiger partial charge in [-0.05, 0) is 26.0 Å². The fraction of sp³-hybridized carbons (Fsp3) is 0.438. The summed E-state index contributed by atoms with van der Waals surface area (Å²) >= 11 is 0. The van der Waals surface area contributed by atoms with E-state index in [4.69, 9.17) is 5.26 Å². The number of fused-ring (bicyclic) bond motifs is 1. The van der Waals surface area contributed by atoms with Crippen LogP contribution in [-0.2, 0) is 7.05 Å². The van der Waals surface area contributed by atoms with Gasteiger partial charge in [0, 0.05) is 32.2 Å². The molecule has 1 fully saturated rings. The topological polar surface area (TPSA) is 74.0 Å². The van der Waals surface area contributed by atoms with Crippen LogP contribution in [0.5, 0.6) is 0 Å². The van der Waals surface area contributed by atoms with E-state index < -0.39 is 11.4 Å². The number of anilines is 1. The second-order valence-corrected chi connectivity index (χ2v) is 6.01. The van der Waals surface area contributed by atoms with Crippen molar-refractivity contribution in [2.24, 2.45) is 7.05 Å². The number of aryl methyl sites for hydroxylation is 1. The minimum atomic E-state index is -0.816. The SMILES string of the molecule is C[C@@H]1CN(c2c(F)c(=O)n(C)c3ccc(C#N)nc23)[C@@H](C)CN1.Cl.Cl. The molecule has 6 nitrogen and oxygen atoms in total. The highest BCUT2D eigenvalue weighted by molar-refractivity contribution is 5.89. The van der Waals surface area contributed by atoms with Gasteiger partial charge in [-0.1, -0.05) is 0 Å². The lowest BCUT2D eigenvalue weighted by Crippen LogP contribution is -2.55. The zero-order valence-corrected chi connectivity index (χ0v) is 15.7. The summed E-state index contributed by atoms with van der Waals surface area (Å²) in [7, 11) is 1.51. The number of hydrogen-bond donors (Lipinski definition) is 1. The smallest absolute Gasteiger partial charge is 0.289 e. The Morgan fingerprint density at radius 2 is 2.04 bits per heavy atom. The average Bonchev–Trinajstić information content (AvgIpc) is 2.55. The first-order valence-corrected chi connectivity index (χ1v) is 7.53. The third-order valence-electron chi connectivity index (χ3n) is 4.33. The first-order valence-electron chi connectivity index (χ1n) is 7.53. The Morgan fingerprint density at radius 1 is 1.36 bits per heavy atom. The molecule has 3 heterocycles. The van der Waals surface area contributed by atoms with Crippen molar-refractivity contribution in [3.63, 3.8) is 0 Å². The molecule has 2 aromatic heterocycles. The predicted octanol–water partition coefficient (Wildman–Crippen LogP) is 1.97. The lowest BCUT2D eigenvalue weighted by atomic mass is 10.1. The van der Waals surface area contributed by atoms with Crippen molar-refractivity contribution in [3.05, 3.63) is 34.0 Å². The summed E-state index contributed by atoms with van der Waals surface area (Å²) in [4.78, 5) is 18.4. The van der Waals surface area contributed by atoms with Crippen LogP contribution in [0.2, 0.25) is 0 Å². The van der Waals surface area contributed by atoms with Gasteiger partial charge in [0.05, 0.1) is 5.52 Å². The molecule has 1 aliphatic rings. The molecule has 2 atom stereocenters. The fourth-order valence-corrected chi connectivity index (χ4v) is 3.02. The van der Waals surface area contributed by atoms with Gasteiger partial charge in [-0.3, -0.25) is 4.79 Å². The van der Waals surface area contributed by atoms with Crippen LogP contribution in [0.3, 0.4) is 0 Å². The molecule has 0 bridgehead atoms. The van der Waals surface area contributed by atoms with Crippen LogP contribution in [0.25, 0.3) is 11.0 Å². The predicted molar refractivity (Wildman–Crippen MR) is 100 cm³/mol. The third kappa shape index (κ3) is 3.56. The number of piperazine rings is 1. The van der Waals surface area contributed by atoms with Gasteiger partial charge in [0.15, 0.2) is 0 Å². The van der Waals surface area contributed by atoms with E-state index in [0.717, 1.165) is 0 Å². The van der Waals surface area contributed by atoms with Crippen LogP contribution >= 0.6 is 24.8 Å². The Hall–Kier alpha value is -1.88. The van der Waals surface area contributed by atoms with Crippen LogP contribution in [0.4, 0.5) is 10.1 Å². The third-order valence-corrected chi connectivity index (χ3v) is 4.33. The van der Waals surface area contributed by atoms with Gasteiger partial charge < -0.3 is 14.8 Å². The van der Waals surface area contributed by atoms with Crippen LogP contribution in [0.1, 0.15) is 19.5 Å². The summed E-state index contributed by atoms with van der Waals surface area (Å²) in [6, 6.07) is 5.33. The van der Waals surface area contributed by atoms with E-state index in [1.807, 2.05) is 24.8 Å². The summed E-state index contributed by atoms with van der Waals surface area (Å²) in [6.45, 7) is 5.23. The molecule has 3 rings (SSSR count). The highest BCUT2D eigenvalue weighted by Gasteiger charge is 2.29. The molecule has 0 amide bonds. The van der Waals surface area contributed by atoms with Gasteiger partial charge in [0.1, 0.15) is 23.0 Å². The highest BCUT2D eigenvalue weighted by atomic mass is 35.5. The zero-order valence-electron chi connectivity index (χ0n) is 14.1. The summed E-state index contributed by atoms with van der Waals surface area (Å²) in [5, 5.41) is 12.4. The van der Waals surface area contributed by atoms with E-state index in [-0.39, 0.29) is 48.3 Å². The number of pyridine rings is 2. The molecule has 0 aliphatic carbocycles. The van der Waals surface area contributed by atoms with Gasteiger partial charge in [-0.25, -0.2) is 4.98 Å². The van der Waals surface area contributed by atoms with Gasteiger partial charge in [0.25, 0.3) is 5.56 Å². The van der Waals surface area contributed by atoms with Crippen molar-refractivity contribution in [2.45, 2.75) is 25.9 Å². The standard InChI is InChI=1S/C16H18FN5O.2ClH/c1-9-8-22(10(2)7-19-9)15-13(17)16(23)21(3)12-5-4-11(6-18)20-14(12)15;;/h4-5,9-10,19H,7-8H2,1-3H3;2*1H/t9-,10+;;/m1../s1. The molecular formula is C16H20Cl2FN5O. The molecule has 9 heteroatoms. The monoisotopic (exact) mass is 387 g/mol. The number of nitrogens with one attached hydrogen (secondary N) is 1. The van der Waals surface area contributed by atoms with E-state index in [0.29, 0.717) is 24.1 Å². The summed E-state index contributed by atoms with van der Waals surface area (Å²) in [5.41, 5.74) is 0.583. The number of hydrogen-bond acceptors (Lipinski definition) is 5. The van der Waals surface area contributed by atoms with Gasteiger partial charge in [0.2, 0.25) is 5.82 Å². The van der Waals surface area contributed by atoms with Crippen LogP contribution in [-0.4, -0.2) is 34.7 Å². The minimum Gasteiger partial charge on any atom is -0.362 e. The van der Waals surface area contributed by atoms with E-state index in [9.17, 15) is 9.18 Å². The minimum absolute atomic E-state index is 0. The molecule has 0 unspecified atom stereocenters. The molecule has 0 saturated carbocycles. The van der Waals surface area contributed by atoms with E-state index >= 15 is 0 Å². The maximum absolute atomic E-state index is 14.8. The lowest BCUT2D eigenvalue weighted by molar-refractivity contribution is 0.420. The molecule has 136 valence electrons. The highest BCUT2D eigenvalue weighted by Crippen LogP contribution is 2.29. The maximum Gasteiger partial charge on any atom is 0.289 e. The maximum atomic E-state index is 14.8. The first kappa shape index (κ1) is 21.2. The van der Waals surface area contributed by atoms with Crippen molar-refractivity contribution in [1.29, 1.82) is 5.26 Å². The molecule has 0 radical (unpaired) electrons. The first-order chi connectivity index (χ1) is 10.9. The Labute approximate surface area is 157 Å². The summed E-state index contributed by atoms with van der Waals surface area (Å²) in [6.07, 6.45) is 0. The van der Waals surface area contributed by atoms with E-state index in [1.165, 1.54) is 17.7 Å². The number of nitrogens with zero attached hydrogens (tertiary/aromatic N) is 4. The molecule has 1 aliphatic heterocycles. The quantitative estimate of drug-likeness (QED) is 0.809.